The van der Waals surface area contributed by atoms with Crippen molar-refractivity contribution < 1.29 is 18.0 Å². The lowest BCUT2D eigenvalue weighted by atomic mass is 10.1. The maximum Gasteiger partial charge on any atom is 0.416 e. The van der Waals surface area contributed by atoms with Gasteiger partial charge in [-0.25, -0.2) is 9.78 Å². The Hall–Kier alpha value is -3.60. The number of benzene rings is 2. The Bertz CT molecular complexity index is 1030. The van der Waals surface area contributed by atoms with E-state index in [0.29, 0.717) is 22.0 Å². The number of nitrogens with zero attached hydrogens (tertiary/aromatic N) is 3. The number of carbonyl (C=O) groups excluding carboxylic acids is 1. The number of anilines is 1. The summed E-state index contributed by atoms with van der Waals surface area (Å²) in [6, 6.07) is 12.4. The minimum absolute atomic E-state index is 0.0493. The molecule has 5 nitrogen and oxygen atoms in total. The fourth-order valence-corrected chi connectivity index (χ4v) is 2.78. The van der Waals surface area contributed by atoms with Crippen LogP contribution in [0.4, 0.5) is 23.7 Å². The molecule has 0 spiro atoms. The molecule has 0 saturated heterocycles. The minimum atomic E-state index is -4.44. The number of alkyl halides is 3. The van der Waals surface area contributed by atoms with Crippen LogP contribution in [0.15, 0.2) is 54.7 Å². The van der Waals surface area contributed by atoms with Crippen LogP contribution < -0.4 is 10.6 Å². The van der Waals surface area contributed by atoms with E-state index in [4.69, 9.17) is 5.73 Å². The molecule has 2 N–H and O–H groups in total. The third-order valence-corrected chi connectivity index (χ3v) is 4.05. The van der Waals surface area contributed by atoms with Gasteiger partial charge in [0, 0.05) is 11.6 Å². The number of carbonyl (C=O) groups is 1. The molecule has 0 saturated carbocycles. The zero-order valence-electron chi connectivity index (χ0n) is 13.9. The van der Waals surface area contributed by atoms with Crippen LogP contribution in [0.2, 0.25) is 0 Å². The van der Waals surface area contributed by atoms with Gasteiger partial charge in [-0.1, -0.05) is 24.3 Å². The summed E-state index contributed by atoms with van der Waals surface area (Å²) in [5.41, 5.74) is 5.67. The van der Waals surface area contributed by atoms with Gasteiger partial charge in [-0.05, 0) is 35.2 Å². The van der Waals surface area contributed by atoms with Crippen molar-refractivity contribution in [2.24, 2.45) is 5.73 Å². The Morgan fingerprint density at radius 2 is 1.85 bits per heavy atom. The van der Waals surface area contributed by atoms with Crippen LogP contribution in [0.1, 0.15) is 16.8 Å². The summed E-state index contributed by atoms with van der Waals surface area (Å²) in [7, 11) is 0. The van der Waals surface area contributed by atoms with Gasteiger partial charge in [0.15, 0.2) is 0 Å². The zero-order chi connectivity index (χ0) is 19.6. The molecule has 3 aromatic rings. The van der Waals surface area contributed by atoms with E-state index in [0.717, 1.165) is 12.1 Å². The number of hydrogen-bond donors (Lipinski definition) is 1. The number of fused-ring (bicyclic) bond motifs is 1. The third-order valence-electron chi connectivity index (χ3n) is 4.05. The molecule has 0 fully saturated rings. The van der Waals surface area contributed by atoms with Crippen LogP contribution in [0.5, 0.6) is 0 Å². The molecule has 3 rings (SSSR count). The number of hydrogen-bond acceptors (Lipinski definition) is 3. The Morgan fingerprint density at radius 1 is 1.15 bits per heavy atom. The van der Waals surface area contributed by atoms with Crippen molar-refractivity contribution in [1.29, 1.82) is 5.26 Å². The Morgan fingerprint density at radius 3 is 2.44 bits per heavy atom. The summed E-state index contributed by atoms with van der Waals surface area (Å²) in [6.07, 6.45) is -2.96. The van der Waals surface area contributed by atoms with Gasteiger partial charge in [0.05, 0.1) is 17.8 Å². The SMILES string of the molecule is N#Cc1nccc2cccc(N(Cc3ccc(C(F)(F)F)cc3)C(N)=O)c12. The first-order chi connectivity index (χ1) is 12.8. The summed E-state index contributed by atoms with van der Waals surface area (Å²) < 4.78 is 38.1. The molecular formula is C19H13F3N4O. The van der Waals surface area contributed by atoms with Gasteiger partial charge in [0.25, 0.3) is 0 Å². The van der Waals surface area contributed by atoms with Crippen molar-refractivity contribution in [3.63, 3.8) is 0 Å². The van der Waals surface area contributed by atoms with Crippen molar-refractivity contribution in [2.45, 2.75) is 12.7 Å². The molecule has 0 aliphatic rings. The lowest BCUT2D eigenvalue weighted by Crippen LogP contribution is -2.35. The van der Waals surface area contributed by atoms with Gasteiger partial charge in [-0.3, -0.25) is 4.90 Å². The number of halogens is 3. The van der Waals surface area contributed by atoms with E-state index in [1.165, 1.54) is 23.2 Å². The number of nitriles is 1. The highest BCUT2D eigenvalue weighted by Gasteiger charge is 2.30. The zero-order valence-corrected chi connectivity index (χ0v) is 13.9. The van der Waals surface area contributed by atoms with Crippen molar-refractivity contribution in [3.05, 3.63) is 71.5 Å². The molecule has 2 aromatic carbocycles. The van der Waals surface area contributed by atoms with Crippen LogP contribution in [0.3, 0.4) is 0 Å². The molecule has 0 atom stereocenters. The predicted octanol–water partition coefficient (Wildman–Crippen LogP) is 4.21. The molecule has 0 aliphatic heterocycles. The smallest absolute Gasteiger partial charge is 0.351 e. The highest BCUT2D eigenvalue weighted by atomic mass is 19.4. The number of pyridine rings is 1. The molecular weight excluding hydrogens is 357 g/mol. The number of primary amides is 1. The van der Waals surface area contributed by atoms with Crippen LogP contribution in [-0.4, -0.2) is 11.0 Å². The molecule has 8 heteroatoms. The van der Waals surface area contributed by atoms with Crippen molar-refractivity contribution in [3.8, 4) is 6.07 Å². The predicted molar refractivity (Wildman–Crippen MR) is 93.7 cm³/mol. The van der Waals surface area contributed by atoms with E-state index < -0.39 is 17.8 Å². The first-order valence-corrected chi connectivity index (χ1v) is 7.82. The highest BCUT2D eigenvalue weighted by Crippen LogP contribution is 2.31. The quantitative estimate of drug-likeness (QED) is 0.750. The van der Waals surface area contributed by atoms with Gasteiger partial charge in [-0.15, -0.1) is 0 Å². The fourth-order valence-electron chi connectivity index (χ4n) is 2.78. The molecule has 0 bridgehead atoms. The average Bonchev–Trinajstić information content (AvgIpc) is 2.64. The molecule has 2 amide bonds. The monoisotopic (exact) mass is 370 g/mol. The number of amides is 2. The summed E-state index contributed by atoms with van der Waals surface area (Å²) in [6.45, 7) is -0.0493. The van der Waals surface area contributed by atoms with E-state index in [-0.39, 0.29) is 12.2 Å². The Kier molecular flexibility index (Phi) is 4.69. The Balaban J connectivity index is 2.04. The lowest BCUT2D eigenvalue weighted by molar-refractivity contribution is -0.137. The molecule has 1 heterocycles. The van der Waals surface area contributed by atoms with E-state index in [1.54, 1.807) is 24.3 Å². The molecule has 0 unspecified atom stereocenters. The van der Waals surface area contributed by atoms with Crippen molar-refractivity contribution >= 4 is 22.5 Å². The van der Waals surface area contributed by atoms with E-state index in [2.05, 4.69) is 4.98 Å². The summed E-state index contributed by atoms with van der Waals surface area (Å²) in [4.78, 5) is 17.2. The second-order valence-electron chi connectivity index (χ2n) is 5.77. The van der Waals surface area contributed by atoms with Gasteiger partial charge in [-0.2, -0.15) is 18.4 Å². The standard InChI is InChI=1S/C19H13F3N4O/c20-19(21,22)14-6-4-12(5-7-14)11-26(18(24)27)16-3-1-2-13-8-9-25-15(10-23)17(13)16/h1-9H,11H2,(H2,24,27). The summed E-state index contributed by atoms with van der Waals surface area (Å²) in [5, 5.41) is 10.5. The van der Waals surface area contributed by atoms with E-state index >= 15 is 0 Å². The molecule has 136 valence electrons. The lowest BCUT2D eigenvalue weighted by Gasteiger charge is -2.23. The number of urea groups is 1. The van der Waals surface area contributed by atoms with Gasteiger partial charge >= 0.3 is 12.2 Å². The van der Waals surface area contributed by atoms with Crippen LogP contribution in [0.25, 0.3) is 10.8 Å². The van der Waals surface area contributed by atoms with Crippen LogP contribution in [-0.2, 0) is 12.7 Å². The van der Waals surface area contributed by atoms with Crippen molar-refractivity contribution in [1.82, 2.24) is 4.98 Å². The summed E-state index contributed by atoms with van der Waals surface area (Å²) >= 11 is 0. The fraction of sp³-hybridized carbons (Fsp3) is 0.105. The normalized spacial score (nSPS) is 11.2. The van der Waals surface area contributed by atoms with Crippen molar-refractivity contribution in [2.75, 3.05) is 4.90 Å². The van der Waals surface area contributed by atoms with Gasteiger partial charge < -0.3 is 5.73 Å². The molecule has 0 radical (unpaired) electrons. The summed E-state index contributed by atoms with van der Waals surface area (Å²) in [5.74, 6) is 0. The third kappa shape index (κ3) is 3.67. The van der Waals surface area contributed by atoms with E-state index in [9.17, 15) is 23.2 Å². The number of aromatic nitrogens is 1. The second-order valence-corrected chi connectivity index (χ2v) is 5.77. The largest absolute Gasteiger partial charge is 0.416 e. The number of rotatable bonds is 3. The molecule has 27 heavy (non-hydrogen) atoms. The average molecular weight is 370 g/mol. The highest BCUT2D eigenvalue weighted by molar-refractivity contribution is 6.04. The maximum atomic E-state index is 12.7. The molecule has 1 aromatic heterocycles. The first kappa shape index (κ1) is 18.2. The van der Waals surface area contributed by atoms with Crippen LogP contribution in [0, 0.1) is 11.3 Å². The first-order valence-electron chi connectivity index (χ1n) is 7.82. The minimum Gasteiger partial charge on any atom is -0.351 e. The maximum absolute atomic E-state index is 12.7. The van der Waals surface area contributed by atoms with Gasteiger partial charge in [0.1, 0.15) is 11.8 Å². The van der Waals surface area contributed by atoms with E-state index in [1.807, 2.05) is 6.07 Å². The molecule has 0 aliphatic carbocycles. The topological polar surface area (TPSA) is 83.0 Å². The van der Waals surface area contributed by atoms with Gasteiger partial charge in [0.2, 0.25) is 0 Å². The van der Waals surface area contributed by atoms with Crippen LogP contribution >= 0.6 is 0 Å². The number of nitrogens with two attached hydrogens (primary N) is 1. The Labute approximate surface area is 152 Å². The second kappa shape index (κ2) is 6.96.